The van der Waals surface area contributed by atoms with Crippen molar-refractivity contribution in [2.24, 2.45) is 0 Å². The van der Waals surface area contributed by atoms with Gasteiger partial charge in [-0.3, -0.25) is 9.36 Å². The van der Waals surface area contributed by atoms with E-state index in [9.17, 15) is 4.79 Å². The monoisotopic (exact) mass is 392 g/mol. The van der Waals surface area contributed by atoms with E-state index in [1.807, 2.05) is 62.5 Å². The number of amides is 1. The van der Waals surface area contributed by atoms with Crippen LogP contribution in [0.3, 0.4) is 0 Å². The lowest BCUT2D eigenvalue weighted by molar-refractivity contribution is -0.129. The highest BCUT2D eigenvalue weighted by Gasteiger charge is 2.32. The SMILES string of the molecule is CC(Sc1nnc(C2CC2)n1-c1ccccc1)C(=O)N(C)Cc1ccccc1. The van der Waals surface area contributed by atoms with Crippen molar-refractivity contribution in [3.63, 3.8) is 0 Å². The van der Waals surface area contributed by atoms with Crippen LogP contribution < -0.4 is 0 Å². The molecule has 4 rings (SSSR count). The molecular weight excluding hydrogens is 368 g/mol. The maximum atomic E-state index is 12.9. The van der Waals surface area contributed by atoms with Gasteiger partial charge in [-0.15, -0.1) is 10.2 Å². The molecule has 6 heteroatoms. The molecule has 1 atom stereocenters. The van der Waals surface area contributed by atoms with Gasteiger partial charge in [0.25, 0.3) is 0 Å². The predicted octanol–water partition coefficient (Wildman–Crippen LogP) is 4.28. The minimum atomic E-state index is -0.243. The Balaban J connectivity index is 1.51. The highest BCUT2D eigenvalue weighted by Crippen LogP contribution is 2.41. The topological polar surface area (TPSA) is 51.0 Å². The van der Waals surface area contributed by atoms with Crippen LogP contribution in [0.25, 0.3) is 5.69 Å². The van der Waals surface area contributed by atoms with Gasteiger partial charge in [-0.1, -0.05) is 60.3 Å². The molecule has 28 heavy (non-hydrogen) atoms. The van der Waals surface area contributed by atoms with E-state index in [0.29, 0.717) is 12.5 Å². The lowest BCUT2D eigenvalue weighted by Crippen LogP contribution is -2.32. The van der Waals surface area contributed by atoms with Crippen molar-refractivity contribution < 1.29 is 4.79 Å². The molecule has 1 heterocycles. The molecule has 0 aliphatic heterocycles. The van der Waals surface area contributed by atoms with E-state index in [4.69, 9.17) is 0 Å². The first-order chi connectivity index (χ1) is 13.6. The van der Waals surface area contributed by atoms with Crippen molar-refractivity contribution >= 4 is 17.7 Å². The van der Waals surface area contributed by atoms with Crippen LogP contribution in [-0.4, -0.2) is 37.9 Å². The van der Waals surface area contributed by atoms with E-state index in [-0.39, 0.29) is 11.2 Å². The second-order valence-corrected chi connectivity index (χ2v) is 8.53. The highest BCUT2D eigenvalue weighted by molar-refractivity contribution is 8.00. The molecule has 3 aromatic rings. The quantitative estimate of drug-likeness (QED) is 0.563. The third-order valence-electron chi connectivity index (χ3n) is 4.88. The number of rotatable bonds is 7. The van der Waals surface area contributed by atoms with Crippen molar-refractivity contribution in [2.75, 3.05) is 7.05 Å². The maximum absolute atomic E-state index is 12.9. The number of hydrogen-bond acceptors (Lipinski definition) is 4. The molecular formula is C22H24N4OS. The van der Waals surface area contributed by atoms with Crippen LogP contribution in [-0.2, 0) is 11.3 Å². The number of thioether (sulfide) groups is 1. The van der Waals surface area contributed by atoms with Crippen molar-refractivity contribution in [1.29, 1.82) is 0 Å². The Morgan fingerprint density at radius 1 is 1.11 bits per heavy atom. The van der Waals surface area contributed by atoms with Gasteiger partial charge in [-0.25, -0.2) is 0 Å². The first-order valence-electron chi connectivity index (χ1n) is 9.60. The Bertz CT molecular complexity index is 938. The summed E-state index contributed by atoms with van der Waals surface area (Å²) in [5, 5.41) is 9.41. The fourth-order valence-corrected chi connectivity index (χ4v) is 4.23. The molecule has 2 aromatic carbocycles. The molecule has 144 valence electrons. The molecule has 1 fully saturated rings. The average molecular weight is 393 g/mol. The van der Waals surface area contributed by atoms with Gasteiger partial charge in [0.1, 0.15) is 5.82 Å². The zero-order chi connectivity index (χ0) is 19.5. The summed E-state index contributed by atoms with van der Waals surface area (Å²) in [6.07, 6.45) is 2.31. The van der Waals surface area contributed by atoms with Crippen molar-refractivity contribution in [1.82, 2.24) is 19.7 Å². The van der Waals surface area contributed by atoms with Gasteiger partial charge in [-0.2, -0.15) is 0 Å². The summed E-state index contributed by atoms with van der Waals surface area (Å²) in [5.41, 5.74) is 2.17. The van der Waals surface area contributed by atoms with Crippen LogP contribution in [0.2, 0.25) is 0 Å². The molecule has 1 aliphatic carbocycles. The third kappa shape index (κ3) is 4.12. The van der Waals surface area contributed by atoms with Gasteiger partial charge in [-0.05, 0) is 37.5 Å². The van der Waals surface area contributed by atoms with Crippen LogP contribution in [0.1, 0.15) is 37.1 Å². The predicted molar refractivity (Wildman–Crippen MR) is 112 cm³/mol. The van der Waals surface area contributed by atoms with Crippen LogP contribution in [0.5, 0.6) is 0 Å². The molecule has 1 aliphatic rings. The first kappa shape index (κ1) is 18.7. The summed E-state index contributed by atoms with van der Waals surface area (Å²) >= 11 is 1.48. The van der Waals surface area contributed by atoms with Crippen molar-refractivity contribution in [3.8, 4) is 5.69 Å². The van der Waals surface area contributed by atoms with E-state index in [0.717, 1.165) is 35.1 Å². The van der Waals surface area contributed by atoms with Crippen LogP contribution >= 0.6 is 11.8 Å². The zero-order valence-electron chi connectivity index (χ0n) is 16.2. The Kier molecular flexibility index (Phi) is 5.48. The fraction of sp³-hybridized carbons (Fsp3) is 0.318. The molecule has 1 saturated carbocycles. The average Bonchev–Trinajstić information content (AvgIpc) is 3.49. The second-order valence-electron chi connectivity index (χ2n) is 7.23. The number of benzene rings is 2. The summed E-state index contributed by atoms with van der Waals surface area (Å²) in [4.78, 5) is 14.7. The van der Waals surface area contributed by atoms with Gasteiger partial charge in [0.2, 0.25) is 5.91 Å². The lowest BCUT2D eigenvalue weighted by atomic mass is 10.2. The normalized spacial score (nSPS) is 14.6. The van der Waals surface area contributed by atoms with E-state index in [2.05, 4.69) is 26.9 Å². The van der Waals surface area contributed by atoms with Crippen LogP contribution in [0.15, 0.2) is 65.8 Å². The minimum absolute atomic E-state index is 0.0874. The van der Waals surface area contributed by atoms with Gasteiger partial charge in [0.15, 0.2) is 5.16 Å². The molecule has 0 N–H and O–H groups in total. The first-order valence-corrected chi connectivity index (χ1v) is 10.5. The fourth-order valence-electron chi connectivity index (χ4n) is 3.24. The van der Waals surface area contributed by atoms with Gasteiger partial charge >= 0.3 is 0 Å². The summed E-state index contributed by atoms with van der Waals surface area (Å²) in [5.74, 6) is 1.57. The van der Waals surface area contributed by atoms with Crippen molar-refractivity contribution in [2.45, 2.75) is 42.6 Å². The number of carbonyl (C=O) groups is 1. The molecule has 0 spiro atoms. The number of aromatic nitrogens is 3. The molecule has 0 saturated heterocycles. The molecule has 0 bridgehead atoms. The molecule has 5 nitrogen and oxygen atoms in total. The summed E-state index contributed by atoms with van der Waals surface area (Å²) < 4.78 is 2.11. The van der Waals surface area contributed by atoms with E-state index in [1.165, 1.54) is 11.8 Å². The smallest absolute Gasteiger partial charge is 0.235 e. The zero-order valence-corrected chi connectivity index (χ0v) is 17.0. The third-order valence-corrected chi connectivity index (χ3v) is 5.91. The summed E-state index contributed by atoms with van der Waals surface area (Å²) in [7, 11) is 1.85. The standard InChI is InChI=1S/C22H24N4OS/c1-16(21(27)25(2)15-17-9-5-3-6-10-17)28-22-24-23-20(18-13-14-18)26(22)19-11-7-4-8-12-19/h3-12,16,18H,13-15H2,1-2H3. The Morgan fingerprint density at radius 3 is 2.39 bits per heavy atom. The molecule has 1 unspecified atom stereocenters. The van der Waals surface area contributed by atoms with E-state index in [1.54, 1.807) is 4.90 Å². The summed E-state index contributed by atoms with van der Waals surface area (Å²) in [6, 6.07) is 20.2. The summed E-state index contributed by atoms with van der Waals surface area (Å²) in [6.45, 7) is 2.54. The Labute approximate surface area is 169 Å². The number of carbonyl (C=O) groups excluding carboxylic acids is 1. The van der Waals surface area contributed by atoms with Crippen molar-refractivity contribution in [3.05, 3.63) is 72.1 Å². The van der Waals surface area contributed by atoms with E-state index >= 15 is 0 Å². The Morgan fingerprint density at radius 2 is 1.75 bits per heavy atom. The molecule has 0 radical (unpaired) electrons. The van der Waals surface area contributed by atoms with Gasteiger partial charge < -0.3 is 4.90 Å². The second kappa shape index (κ2) is 8.19. The number of nitrogens with zero attached hydrogens (tertiary/aromatic N) is 4. The van der Waals surface area contributed by atoms with Crippen LogP contribution in [0.4, 0.5) is 0 Å². The molecule has 1 aromatic heterocycles. The lowest BCUT2D eigenvalue weighted by Gasteiger charge is -2.21. The van der Waals surface area contributed by atoms with Gasteiger partial charge in [0.05, 0.1) is 5.25 Å². The molecule has 1 amide bonds. The highest BCUT2D eigenvalue weighted by atomic mass is 32.2. The Hall–Kier alpha value is -2.60. The maximum Gasteiger partial charge on any atom is 0.235 e. The van der Waals surface area contributed by atoms with E-state index < -0.39 is 0 Å². The largest absolute Gasteiger partial charge is 0.340 e. The van der Waals surface area contributed by atoms with Crippen LogP contribution in [0, 0.1) is 0 Å². The minimum Gasteiger partial charge on any atom is -0.340 e. The number of para-hydroxylation sites is 1. The number of hydrogen-bond donors (Lipinski definition) is 0. The van der Waals surface area contributed by atoms with Gasteiger partial charge in [0, 0.05) is 25.2 Å².